The number of nitrogens with two attached hydrogens (primary N) is 1. The Hall–Kier alpha value is -3.28. The van der Waals surface area contributed by atoms with Crippen LogP contribution in [0, 0.1) is 23.0 Å². The molecular weight excluding hydrogens is 562 g/mol. The maximum Gasteiger partial charge on any atom is 0.139 e. The summed E-state index contributed by atoms with van der Waals surface area (Å²) in [6.07, 6.45) is 9.55. The van der Waals surface area contributed by atoms with Crippen molar-refractivity contribution >= 4 is 44.5 Å². The number of thiophene rings is 1. The van der Waals surface area contributed by atoms with Crippen molar-refractivity contribution in [1.82, 2.24) is 4.90 Å². The van der Waals surface area contributed by atoms with E-state index in [1.807, 2.05) is 20.8 Å². The van der Waals surface area contributed by atoms with Gasteiger partial charge in [0.2, 0.25) is 0 Å². The predicted octanol–water partition coefficient (Wildman–Crippen LogP) is 8.63. The van der Waals surface area contributed by atoms with Crippen LogP contribution in [-0.4, -0.2) is 23.8 Å². The first-order chi connectivity index (χ1) is 20.8. The number of hydrogen-bond acceptors (Lipinski definition) is 5. The van der Waals surface area contributed by atoms with Crippen LogP contribution < -0.4 is 16.2 Å². The number of benzene rings is 2. The number of aliphatic imine (C=N–C) groups is 1. The zero-order valence-corrected chi connectivity index (χ0v) is 28.0. The Labute approximate surface area is 260 Å². The molecule has 2 N–H and O–H groups in total. The van der Waals surface area contributed by atoms with Crippen molar-refractivity contribution in [1.29, 1.82) is 5.26 Å². The Morgan fingerprint density at radius 3 is 2.21 bits per heavy atom. The SMILES string of the molecule is C/C=c1\c(F)c(-c2c(F)ccc3sc(N)c(C#N)c23)c2c(\c1=C\N=C(C)N1CCCC1)COC2.CC.CCC.CCCC. The summed E-state index contributed by atoms with van der Waals surface area (Å²) in [7, 11) is 0. The number of hydrogen-bond donors (Lipinski definition) is 1. The van der Waals surface area contributed by atoms with E-state index in [1.54, 1.807) is 25.3 Å². The molecule has 0 unspecified atom stereocenters. The van der Waals surface area contributed by atoms with Gasteiger partial charge in [-0.15, -0.1) is 11.3 Å². The predicted molar refractivity (Wildman–Crippen MR) is 180 cm³/mol. The lowest BCUT2D eigenvalue weighted by atomic mass is 9.90. The van der Waals surface area contributed by atoms with Crippen LogP contribution >= 0.6 is 11.3 Å². The largest absolute Gasteiger partial charge is 0.389 e. The third kappa shape index (κ3) is 8.01. The van der Waals surface area contributed by atoms with Crippen LogP contribution in [0.15, 0.2) is 17.1 Å². The van der Waals surface area contributed by atoms with E-state index >= 15 is 8.78 Å². The first-order valence-corrected chi connectivity index (χ1v) is 16.4. The highest BCUT2D eigenvalue weighted by Crippen LogP contribution is 2.43. The smallest absolute Gasteiger partial charge is 0.139 e. The summed E-state index contributed by atoms with van der Waals surface area (Å²) in [5.74, 6) is -0.261. The molecule has 0 bridgehead atoms. The molecule has 2 aromatic carbocycles. The highest BCUT2D eigenvalue weighted by molar-refractivity contribution is 7.23. The van der Waals surface area contributed by atoms with Gasteiger partial charge in [0.25, 0.3) is 0 Å². The molecule has 0 atom stereocenters. The van der Waals surface area contributed by atoms with E-state index in [2.05, 4.69) is 43.7 Å². The van der Waals surface area contributed by atoms with E-state index in [0.717, 1.165) is 37.3 Å². The van der Waals surface area contributed by atoms with E-state index in [-0.39, 0.29) is 34.9 Å². The molecule has 3 heterocycles. The molecule has 1 saturated heterocycles. The standard InChI is InChI=1S/C26H24F2N4OS.C4H10.C3H8.C2H6/c1-3-15-17(11-31-14(2)32-8-4-5-9-32)18-12-33-13-19(18)23(25(15)28)24-20(27)6-7-21-22(24)16(10-29)26(30)34-21;1-3-4-2;1-3-2;1-2/h3,6-7,11H,4-5,8-9,12-13,30H2,1-2H3;3-4H2,1-2H3;3H2,1-2H3;1-2H3/b15-3-,17-11+,31-14?;;;. The number of likely N-dealkylation sites (tertiary alicyclic amines) is 1. The summed E-state index contributed by atoms with van der Waals surface area (Å²) in [6, 6.07) is 4.95. The number of anilines is 1. The molecule has 0 amide bonds. The quantitative estimate of drug-likeness (QED) is 0.238. The average Bonchev–Trinajstić information content (AvgIpc) is 3.78. The molecule has 0 aliphatic carbocycles. The van der Waals surface area contributed by atoms with Gasteiger partial charge in [0.1, 0.15) is 28.5 Å². The zero-order chi connectivity index (χ0) is 32.1. The van der Waals surface area contributed by atoms with Gasteiger partial charge in [-0.3, -0.25) is 0 Å². The van der Waals surface area contributed by atoms with E-state index in [0.29, 0.717) is 26.1 Å². The summed E-state index contributed by atoms with van der Waals surface area (Å²) in [6.45, 7) is 18.7. The minimum absolute atomic E-state index is 0.0626. The van der Waals surface area contributed by atoms with Crippen LogP contribution in [0.5, 0.6) is 0 Å². The van der Waals surface area contributed by atoms with Crippen molar-refractivity contribution in [2.45, 2.75) is 101 Å². The molecular formula is C35H48F2N4OS. The third-order valence-electron chi connectivity index (χ3n) is 7.16. The molecule has 0 spiro atoms. The fourth-order valence-electron chi connectivity index (χ4n) is 4.95. The molecule has 0 saturated carbocycles. The monoisotopic (exact) mass is 610 g/mol. The molecule has 1 fully saturated rings. The first-order valence-electron chi connectivity index (χ1n) is 15.6. The molecule has 3 aromatic rings. The molecule has 1 aromatic heterocycles. The minimum Gasteiger partial charge on any atom is -0.389 e. The number of nitrogen functional groups attached to an aromatic ring is 1. The van der Waals surface area contributed by atoms with Crippen LogP contribution in [0.2, 0.25) is 0 Å². The van der Waals surface area contributed by atoms with E-state index in [9.17, 15) is 5.26 Å². The van der Waals surface area contributed by atoms with Crippen molar-refractivity contribution in [2.75, 3.05) is 18.8 Å². The lowest BCUT2D eigenvalue weighted by Crippen LogP contribution is -2.33. The Morgan fingerprint density at radius 2 is 1.65 bits per heavy atom. The van der Waals surface area contributed by atoms with Crippen LogP contribution in [0.1, 0.15) is 104 Å². The highest BCUT2D eigenvalue weighted by atomic mass is 32.1. The summed E-state index contributed by atoms with van der Waals surface area (Å²) < 4.78 is 37.9. The van der Waals surface area contributed by atoms with E-state index < -0.39 is 11.6 Å². The van der Waals surface area contributed by atoms with Gasteiger partial charge in [-0.2, -0.15) is 5.26 Å². The Kier molecular flexibility index (Phi) is 14.8. The molecule has 2 aliphatic heterocycles. The number of ether oxygens (including phenoxy) is 1. The number of amidine groups is 1. The number of rotatable bonds is 3. The van der Waals surface area contributed by atoms with Crippen molar-refractivity contribution in [3.63, 3.8) is 0 Å². The first kappa shape index (κ1) is 35.9. The molecule has 0 radical (unpaired) electrons. The summed E-state index contributed by atoms with van der Waals surface area (Å²) >= 11 is 1.19. The van der Waals surface area contributed by atoms with Gasteiger partial charge in [-0.25, -0.2) is 13.8 Å². The van der Waals surface area contributed by atoms with Crippen LogP contribution in [-0.2, 0) is 18.0 Å². The van der Waals surface area contributed by atoms with E-state index in [1.165, 1.54) is 36.7 Å². The van der Waals surface area contributed by atoms with Crippen molar-refractivity contribution in [2.24, 2.45) is 4.99 Å². The van der Waals surface area contributed by atoms with Crippen molar-refractivity contribution in [3.05, 3.63) is 50.9 Å². The van der Waals surface area contributed by atoms with Crippen LogP contribution in [0.4, 0.5) is 13.8 Å². The van der Waals surface area contributed by atoms with Crippen LogP contribution in [0.25, 0.3) is 33.5 Å². The molecule has 43 heavy (non-hydrogen) atoms. The van der Waals surface area contributed by atoms with Gasteiger partial charge in [-0.1, -0.05) is 66.9 Å². The van der Waals surface area contributed by atoms with Gasteiger partial charge in [0.05, 0.1) is 18.8 Å². The number of nitriles is 1. The summed E-state index contributed by atoms with van der Waals surface area (Å²) in [4.78, 5) is 6.86. The summed E-state index contributed by atoms with van der Waals surface area (Å²) in [5, 5.41) is 11.3. The number of nitrogens with zero attached hydrogens (tertiary/aromatic N) is 3. The Bertz CT molecular complexity index is 1560. The molecule has 8 heteroatoms. The second kappa shape index (κ2) is 17.7. The normalized spacial score (nSPS) is 14.8. The van der Waals surface area contributed by atoms with Gasteiger partial charge in [0.15, 0.2) is 0 Å². The van der Waals surface area contributed by atoms with E-state index in [4.69, 9.17) is 10.5 Å². The van der Waals surface area contributed by atoms with Gasteiger partial charge >= 0.3 is 0 Å². The van der Waals surface area contributed by atoms with Crippen LogP contribution in [0.3, 0.4) is 0 Å². The Balaban J connectivity index is 0.000000641. The number of unbranched alkanes of at least 4 members (excludes halogenated alkanes) is 1. The second-order valence-electron chi connectivity index (χ2n) is 10.2. The third-order valence-corrected chi connectivity index (χ3v) is 8.14. The molecule has 234 valence electrons. The molecule has 5 rings (SSSR count). The fraction of sp³-hybridized carbons (Fsp3) is 0.486. The number of fused-ring (bicyclic) bond motifs is 2. The van der Waals surface area contributed by atoms with Gasteiger partial charge < -0.3 is 15.4 Å². The van der Waals surface area contributed by atoms with Crippen molar-refractivity contribution < 1.29 is 13.5 Å². The zero-order valence-electron chi connectivity index (χ0n) is 27.2. The van der Waals surface area contributed by atoms with Crippen molar-refractivity contribution in [3.8, 4) is 17.2 Å². The molecule has 5 nitrogen and oxygen atoms in total. The lowest BCUT2D eigenvalue weighted by Gasteiger charge is -2.16. The topological polar surface area (TPSA) is 74.6 Å². The van der Waals surface area contributed by atoms with Gasteiger partial charge in [-0.05, 0) is 49.9 Å². The maximum atomic E-state index is 16.2. The second-order valence-corrected chi connectivity index (χ2v) is 11.3. The number of halogens is 2. The maximum absolute atomic E-state index is 16.2. The average molecular weight is 611 g/mol. The molecule has 2 aliphatic rings. The fourth-order valence-corrected chi connectivity index (χ4v) is 5.88. The Morgan fingerprint density at radius 1 is 1.05 bits per heavy atom. The summed E-state index contributed by atoms with van der Waals surface area (Å²) in [5.41, 5.74) is 7.78. The lowest BCUT2D eigenvalue weighted by molar-refractivity contribution is 0.134. The van der Waals surface area contributed by atoms with Gasteiger partial charge in [0, 0.05) is 50.9 Å². The highest BCUT2D eigenvalue weighted by Gasteiger charge is 2.28. The minimum atomic E-state index is -0.600.